The highest BCUT2D eigenvalue weighted by atomic mass is 15.1. The molecule has 0 saturated carbocycles. The molecule has 0 atom stereocenters. The molecule has 18 heavy (non-hydrogen) atoms. The van der Waals surface area contributed by atoms with Crippen LogP contribution >= 0.6 is 0 Å². The fourth-order valence-corrected chi connectivity index (χ4v) is 2.27. The van der Waals surface area contributed by atoms with Gasteiger partial charge in [0.25, 0.3) is 0 Å². The molecule has 0 heterocycles. The lowest BCUT2D eigenvalue weighted by Crippen LogP contribution is -2.33. The second kappa shape index (κ2) is 15.0. The van der Waals surface area contributed by atoms with Gasteiger partial charge in [-0.05, 0) is 32.5 Å². The summed E-state index contributed by atoms with van der Waals surface area (Å²) in [5, 5.41) is 3.44. The van der Waals surface area contributed by atoms with Gasteiger partial charge in [0.2, 0.25) is 0 Å². The number of hydrogen-bond donors (Lipinski definition) is 1. The average molecular weight is 256 g/mol. The number of rotatable bonds is 14. The Balaban J connectivity index is 3.62. The monoisotopic (exact) mass is 256 g/mol. The number of nitrogens with zero attached hydrogens (tertiary/aromatic N) is 1. The van der Waals surface area contributed by atoms with E-state index in [1.165, 1.54) is 71.0 Å². The molecular formula is C16H36N2. The van der Waals surface area contributed by atoms with E-state index in [0.29, 0.717) is 0 Å². The first-order valence-corrected chi connectivity index (χ1v) is 8.28. The molecular weight excluding hydrogens is 220 g/mol. The summed E-state index contributed by atoms with van der Waals surface area (Å²) in [5.74, 6) is 0. The predicted octanol–water partition coefficient (Wildman–Crippen LogP) is 4.06. The summed E-state index contributed by atoms with van der Waals surface area (Å²) in [6.45, 7) is 12.8. The molecule has 2 nitrogen and oxygen atoms in total. The first-order chi connectivity index (χ1) is 8.85. The molecule has 0 spiro atoms. The van der Waals surface area contributed by atoms with Gasteiger partial charge >= 0.3 is 0 Å². The maximum Gasteiger partial charge on any atom is 0.0107 e. The van der Waals surface area contributed by atoms with E-state index in [9.17, 15) is 0 Å². The zero-order valence-electron chi connectivity index (χ0n) is 13.1. The van der Waals surface area contributed by atoms with Crippen LogP contribution in [0, 0.1) is 0 Å². The molecule has 2 heteroatoms. The summed E-state index contributed by atoms with van der Waals surface area (Å²) < 4.78 is 0. The Hall–Kier alpha value is -0.0800. The van der Waals surface area contributed by atoms with Crippen LogP contribution in [0.3, 0.4) is 0 Å². The van der Waals surface area contributed by atoms with Crippen LogP contribution in [0.15, 0.2) is 0 Å². The van der Waals surface area contributed by atoms with Gasteiger partial charge in [-0.1, -0.05) is 59.3 Å². The summed E-state index contributed by atoms with van der Waals surface area (Å²) >= 11 is 0. The first-order valence-electron chi connectivity index (χ1n) is 8.28. The van der Waals surface area contributed by atoms with Crippen LogP contribution in [0.1, 0.15) is 72.1 Å². The van der Waals surface area contributed by atoms with Crippen LogP contribution in [0.5, 0.6) is 0 Å². The van der Waals surface area contributed by atoms with Gasteiger partial charge in [0.1, 0.15) is 0 Å². The Kier molecular flexibility index (Phi) is 14.9. The molecule has 0 fully saturated rings. The summed E-state index contributed by atoms with van der Waals surface area (Å²) in [6.07, 6.45) is 11.1. The van der Waals surface area contributed by atoms with Crippen molar-refractivity contribution in [1.82, 2.24) is 10.2 Å². The number of nitrogens with one attached hydrogen (secondary N) is 1. The zero-order valence-corrected chi connectivity index (χ0v) is 13.1. The average Bonchev–Trinajstić information content (AvgIpc) is 2.39. The van der Waals surface area contributed by atoms with Gasteiger partial charge in [0.15, 0.2) is 0 Å². The van der Waals surface area contributed by atoms with Crippen LogP contribution in [0.25, 0.3) is 0 Å². The second-order valence-electron chi connectivity index (χ2n) is 5.32. The standard InChI is InChI=1S/C16H36N2/c1-4-7-9-11-14-18(16-13-17-6-3)15-12-10-8-5-2/h17H,4-16H2,1-3H3. The van der Waals surface area contributed by atoms with Crippen LogP contribution in [-0.4, -0.2) is 37.6 Å². The quantitative estimate of drug-likeness (QED) is 0.472. The SMILES string of the molecule is CCCCCCN(CCCCCC)CCNCC. The fourth-order valence-electron chi connectivity index (χ4n) is 2.27. The number of hydrogen-bond acceptors (Lipinski definition) is 2. The van der Waals surface area contributed by atoms with E-state index < -0.39 is 0 Å². The van der Waals surface area contributed by atoms with Crippen LogP contribution < -0.4 is 5.32 Å². The summed E-state index contributed by atoms with van der Waals surface area (Å²) in [7, 11) is 0. The molecule has 0 bridgehead atoms. The van der Waals surface area contributed by atoms with Crippen molar-refractivity contribution in [3.05, 3.63) is 0 Å². The molecule has 0 aliphatic heterocycles. The fraction of sp³-hybridized carbons (Fsp3) is 1.00. The molecule has 110 valence electrons. The second-order valence-corrected chi connectivity index (χ2v) is 5.32. The lowest BCUT2D eigenvalue weighted by molar-refractivity contribution is 0.261. The van der Waals surface area contributed by atoms with Crippen molar-refractivity contribution in [2.75, 3.05) is 32.7 Å². The largest absolute Gasteiger partial charge is 0.316 e. The van der Waals surface area contributed by atoms with Crippen molar-refractivity contribution in [3.63, 3.8) is 0 Å². The van der Waals surface area contributed by atoms with Crippen molar-refractivity contribution < 1.29 is 0 Å². The van der Waals surface area contributed by atoms with E-state index in [-0.39, 0.29) is 0 Å². The molecule has 0 aliphatic carbocycles. The molecule has 0 aromatic heterocycles. The molecule has 0 amide bonds. The van der Waals surface area contributed by atoms with Gasteiger partial charge in [0, 0.05) is 13.1 Å². The number of likely N-dealkylation sites (N-methyl/N-ethyl adjacent to an activating group) is 1. The van der Waals surface area contributed by atoms with Crippen LogP contribution in [0.4, 0.5) is 0 Å². The summed E-state index contributed by atoms with van der Waals surface area (Å²) in [6, 6.07) is 0. The lowest BCUT2D eigenvalue weighted by atomic mass is 10.1. The molecule has 0 aromatic rings. The van der Waals surface area contributed by atoms with Gasteiger partial charge in [-0.3, -0.25) is 0 Å². The van der Waals surface area contributed by atoms with E-state index in [0.717, 1.165) is 13.1 Å². The Morgan fingerprint density at radius 3 is 1.67 bits per heavy atom. The molecule has 0 rings (SSSR count). The molecule has 0 unspecified atom stereocenters. The Morgan fingerprint density at radius 1 is 0.667 bits per heavy atom. The van der Waals surface area contributed by atoms with E-state index in [1.54, 1.807) is 0 Å². The Bertz CT molecular complexity index is 136. The van der Waals surface area contributed by atoms with Gasteiger partial charge in [-0.15, -0.1) is 0 Å². The Labute approximate surface area is 116 Å². The van der Waals surface area contributed by atoms with Crippen molar-refractivity contribution in [2.45, 2.75) is 72.1 Å². The van der Waals surface area contributed by atoms with Gasteiger partial charge in [-0.25, -0.2) is 0 Å². The zero-order chi connectivity index (χ0) is 13.5. The van der Waals surface area contributed by atoms with E-state index in [1.807, 2.05) is 0 Å². The van der Waals surface area contributed by atoms with Crippen molar-refractivity contribution in [2.24, 2.45) is 0 Å². The normalized spacial score (nSPS) is 11.3. The van der Waals surface area contributed by atoms with E-state index >= 15 is 0 Å². The highest BCUT2D eigenvalue weighted by molar-refractivity contribution is 4.60. The smallest absolute Gasteiger partial charge is 0.0107 e. The Morgan fingerprint density at radius 2 is 1.22 bits per heavy atom. The maximum absolute atomic E-state index is 3.44. The minimum Gasteiger partial charge on any atom is -0.316 e. The summed E-state index contributed by atoms with van der Waals surface area (Å²) in [5.41, 5.74) is 0. The lowest BCUT2D eigenvalue weighted by Gasteiger charge is -2.22. The van der Waals surface area contributed by atoms with E-state index in [2.05, 4.69) is 31.0 Å². The first kappa shape index (κ1) is 17.9. The van der Waals surface area contributed by atoms with Crippen molar-refractivity contribution in [1.29, 1.82) is 0 Å². The highest BCUT2D eigenvalue weighted by Gasteiger charge is 2.03. The topological polar surface area (TPSA) is 15.3 Å². The van der Waals surface area contributed by atoms with Gasteiger partial charge < -0.3 is 10.2 Å². The molecule has 0 radical (unpaired) electrons. The predicted molar refractivity (Wildman–Crippen MR) is 83.3 cm³/mol. The van der Waals surface area contributed by atoms with Gasteiger partial charge in [0.05, 0.1) is 0 Å². The molecule has 0 aromatic carbocycles. The summed E-state index contributed by atoms with van der Waals surface area (Å²) in [4.78, 5) is 2.66. The van der Waals surface area contributed by atoms with E-state index in [4.69, 9.17) is 0 Å². The minimum absolute atomic E-state index is 1.10. The van der Waals surface area contributed by atoms with Crippen LogP contribution in [-0.2, 0) is 0 Å². The highest BCUT2D eigenvalue weighted by Crippen LogP contribution is 2.04. The molecule has 0 saturated heterocycles. The van der Waals surface area contributed by atoms with Crippen molar-refractivity contribution in [3.8, 4) is 0 Å². The number of unbranched alkanes of at least 4 members (excludes halogenated alkanes) is 6. The molecule has 0 aliphatic rings. The minimum atomic E-state index is 1.10. The third kappa shape index (κ3) is 12.4. The van der Waals surface area contributed by atoms with Crippen molar-refractivity contribution >= 4 is 0 Å². The maximum atomic E-state index is 3.44. The third-order valence-corrected chi connectivity index (χ3v) is 3.51. The van der Waals surface area contributed by atoms with Gasteiger partial charge in [-0.2, -0.15) is 0 Å². The van der Waals surface area contributed by atoms with Crippen LogP contribution in [0.2, 0.25) is 0 Å². The third-order valence-electron chi connectivity index (χ3n) is 3.51. The molecule has 1 N–H and O–H groups in total.